The van der Waals surface area contributed by atoms with Crippen molar-refractivity contribution in [1.82, 2.24) is 0 Å². The SMILES string of the molecule is Cc1ccc2c(c1)C(N)CCCS2=O. The maximum Gasteiger partial charge on any atom is 0.0532 e. The molecule has 1 aromatic rings. The Labute approximate surface area is 87.0 Å². The topological polar surface area (TPSA) is 43.1 Å². The lowest BCUT2D eigenvalue weighted by Gasteiger charge is -2.12. The number of benzene rings is 1. The smallest absolute Gasteiger partial charge is 0.0532 e. The highest BCUT2D eigenvalue weighted by molar-refractivity contribution is 7.85. The first-order chi connectivity index (χ1) is 6.68. The van der Waals surface area contributed by atoms with Crippen molar-refractivity contribution in [3.05, 3.63) is 29.3 Å². The van der Waals surface area contributed by atoms with Crippen LogP contribution in [0.5, 0.6) is 0 Å². The van der Waals surface area contributed by atoms with Gasteiger partial charge >= 0.3 is 0 Å². The summed E-state index contributed by atoms with van der Waals surface area (Å²) in [7, 11) is -0.841. The minimum absolute atomic E-state index is 0.0661. The number of fused-ring (bicyclic) bond motifs is 1. The van der Waals surface area contributed by atoms with Crippen LogP contribution in [0.3, 0.4) is 0 Å². The first-order valence-corrected chi connectivity index (χ1v) is 6.25. The lowest BCUT2D eigenvalue weighted by atomic mass is 10.0. The van der Waals surface area contributed by atoms with Crippen molar-refractivity contribution in [2.24, 2.45) is 5.73 Å². The van der Waals surface area contributed by atoms with Crippen molar-refractivity contribution in [2.45, 2.75) is 30.7 Å². The maximum atomic E-state index is 11.8. The van der Waals surface area contributed by atoms with E-state index in [-0.39, 0.29) is 6.04 Å². The first kappa shape index (κ1) is 9.87. The Morgan fingerprint density at radius 2 is 2.29 bits per heavy atom. The number of rotatable bonds is 0. The summed E-state index contributed by atoms with van der Waals surface area (Å²) in [6.07, 6.45) is 1.91. The van der Waals surface area contributed by atoms with Crippen molar-refractivity contribution in [3.8, 4) is 0 Å². The van der Waals surface area contributed by atoms with Crippen LogP contribution in [0, 0.1) is 6.92 Å². The summed E-state index contributed by atoms with van der Waals surface area (Å²) >= 11 is 0. The van der Waals surface area contributed by atoms with Crippen molar-refractivity contribution in [2.75, 3.05) is 5.75 Å². The highest BCUT2D eigenvalue weighted by atomic mass is 32.2. The molecule has 0 saturated heterocycles. The summed E-state index contributed by atoms with van der Waals surface area (Å²) in [5.41, 5.74) is 8.32. The second-order valence-electron chi connectivity index (χ2n) is 3.84. The minimum Gasteiger partial charge on any atom is -0.324 e. The molecule has 0 fully saturated rings. The second kappa shape index (κ2) is 3.83. The molecule has 0 aromatic heterocycles. The predicted octanol–water partition coefficient (Wildman–Crippen LogP) is 1.90. The largest absolute Gasteiger partial charge is 0.324 e. The van der Waals surface area contributed by atoms with Gasteiger partial charge in [0.1, 0.15) is 0 Å². The summed E-state index contributed by atoms with van der Waals surface area (Å²) in [6, 6.07) is 6.11. The Balaban J connectivity index is 2.54. The lowest BCUT2D eigenvalue weighted by molar-refractivity contribution is 0.638. The third-order valence-electron chi connectivity index (χ3n) is 2.65. The molecule has 0 radical (unpaired) electrons. The fourth-order valence-corrected chi connectivity index (χ4v) is 3.21. The molecule has 1 aliphatic rings. The summed E-state index contributed by atoms with van der Waals surface area (Å²) in [5.74, 6) is 0.754. The van der Waals surface area contributed by atoms with E-state index in [1.807, 2.05) is 19.1 Å². The van der Waals surface area contributed by atoms with Crippen LogP contribution < -0.4 is 5.73 Å². The predicted molar refractivity (Wildman–Crippen MR) is 58.6 cm³/mol. The lowest BCUT2D eigenvalue weighted by Crippen LogP contribution is -2.10. The molecule has 0 bridgehead atoms. The van der Waals surface area contributed by atoms with Gasteiger partial charge in [0.25, 0.3) is 0 Å². The molecular formula is C11H15NOS. The van der Waals surface area contributed by atoms with Crippen LogP contribution >= 0.6 is 0 Å². The van der Waals surface area contributed by atoms with E-state index in [4.69, 9.17) is 5.73 Å². The molecule has 14 heavy (non-hydrogen) atoms. The summed E-state index contributed by atoms with van der Waals surface area (Å²) in [6.45, 7) is 2.04. The van der Waals surface area contributed by atoms with Gasteiger partial charge in [-0.25, -0.2) is 0 Å². The van der Waals surface area contributed by atoms with Crippen LogP contribution in [-0.2, 0) is 10.8 Å². The van der Waals surface area contributed by atoms with E-state index in [2.05, 4.69) is 6.07 Å². The van der Waals surface area contributed by atoms with Gasteiger partial charge in [0, 0.05) is 16.7 Å². The third-order valence-corrected chi connectivity index (χ3v) is 4.18. The van der Waals surface area contributed by atoms with Crippen molar-refractivity contribution in [1.29, 1.82) is 0 Å². The van der Waals surface area contributed by atoms with E-state index in [1.54, 1.807) is 0 Å². The Hall–Kier alpha value is -0.670. The van der Waals surface area contributed by atoms with Gasteiger partial charge in [-0.05, 0) is 31.4 Å². The van der Waals surface area contributed by atoms with E-state index in [0.29, 0.717) is 0 Å². The second-order valence-corrected chi connectivity index (χ2v) is 5.38. The van der Waals surface area contributed by atoms with Gasteiger partial charge in [0.05, 0.1) is 10.8 Å². The van der Waals surface area contributed by atoms with Crippen LogP contribution in [0.25, 0.3) is 0 Å². The number of hydrogen-bond donors (Lipinski definition) is 1. The van der Waals surface area contributed by atoms with Crippen LogP contribution in [0.2, 0.25) is 0 Å². The Morgan fingerprint density at radius 1 is 1.50 bits per heavy atom. The molecule has 3 heteroatoms. The van der Waals surface area contributed by atoms with Crippen LogP contribution in [0.4, 0.5) is 0 Å². The van der Waals surface area contributed by atoms with Crippen LogP contribution in [0.15, 0.2) is 23.1 Å². The number of hydrogen-bond acceptors (Lipinski definition) is 2. The molecule has 0 spiro atoms. The quantitative estimate of drug-likeness (QED) is 0.709. The van der Waals surface area contributed by atoms with Gasteiger partial charge in [-0.3, -0.25) is 4.21 Å². The van der Waals surface area contributed by atoms with Crippen LogP contribution in [-0.4, -0.2) is 9.96 Å². The number of aryl methyl sites for hydroxylation is 1. The van der Waals surface area contributed by atoms with E-state index in [0.717, 1.165) is 29.1 Å². The summed E-state index contributed by atoms with van der Waals surface area (Å²) < 4.78 is 11.8. The molecule has 0 saturated carbocycles. The Kier molecular flexibility index (Phi) is 2.70. The average molecular weight is 209 g/mol. The van der Waals surface area contributed by atoms with Gasteiger partial charge in [-0.2, -0.15) is 0 Å². The zero-order valence-corrected chi connectivity index (χ0v) is 9.14. The molecular weight excluding hydrogens is 194 g/mol. The third kappa shape index (κ3) is 1.74. The van der Waals surface area contributed by atoms with Gasteiger partial charge in [0.2, 0.25) is 0 Å². The molecule has 2 atom stereocenters. The average Bonchev–Trinajstić information content (AvgIpc) is 2.28. The molecule has 2 N–H and O–H groups in total. The molecule has 2 rings (SSSR count). The molecule has 2 nitrogen and oxygen atoms in total. The zero-order chi connectivity index (χ0) is 10.1. The summed E-state index contributed by atoms with van der Waals surface area (Å²) in [5, 5.41) is 0. The van der Waals surface area contributed by atoms with Gasteiger partial charge in [0.15, 0.2) is 0 Å². The fraction of sp³-hybridized carbons (Fsp3) is 0.455. The zero-order valence-electron chi connectivity index (χ0n) is 8.32. The highest BCUT2D eigenvalue weighted by Gasteiger charge is 2.19. The van der Waals surface area contributed by atoms with Gasteiger partial charge in [-0.1, -0.05) is 17.7 Å². The van der Waals surface area contributed by atoms with Gasteiger partial charge < -0.3 is 5.73 Å². The molecule has 76 valence electrons. The maximum absolute atomic E-state index is 11.8. The van der Waals surface area contributed by atoms with E-state index in [1.165, 1.54) is 5.56 Å². The van der Waals surface area contributed by atoms with Crippen molar-refractivity contribution < 1.29 is 4.21 Å². The first-order valence-electron chi connectivity index (χ1n) is 4.93. The molecule has 1 aliphatic heterocycles. The molecule has 2 unspecified atom stereocenters. The summed E-state index contributed by atoms with van der Waals surface area (Å²) in [4.78, 5) is 0.945. The number of nitrogens with two attached hydrogens (primary N) is 1. The minimum atomic E-state index is -0.841. The normalized spacial score (nSPS) is 26.7. The Bertz CT molecular complexity index is 376. The molecule has 0 amide bonds. The van der Waals surface area contributed by atoms with Gasteiger partial charge in [-0.15, -0.1) is 0 Å². The molecule has 1 heterocycles. The molecule has 1 aromatic carbocycles. The Morgan fingerprint density at radius 3 is 3.07 bits per heavy atom. The monoisotopic (exact) mass is 209 g/mol. The van der Waals surface area contributed by atoms with Crippen LogP contribution in [0.1, 0.15) is 30.0 Å². The van der Waals surface area contributed by atoms with E-state index < -0.39 is 10.8 Å². The standard InChI is InChI=1S/C11H15NOS/c1-8-4-5-11-9(7-8)10(12)3-2-6-14(11)13/h4-5,7,10H,2-3,6,12H2,1H3. The van der Waals surface area contributed by atoms with E-state index >= 15 is 0 Å². The fourth-order valence-electron chi connectivity index (χ4n) is 1.86. The van der Waals surface area contributed by atoms with E-state index in [9.17, 15) is 4.21 Å². The highest BCUT2D eigenvalue weighted by Crippen LogP contribution is 2.28. The van der Waals surface area contributed by atoms with Crippen molar-refractivity contribution >= 4 is 10.8 Å². The molecule has 0 aliphatic carbocycles. The van der Waals surface area contributed by atoms with Crippen molar-refractivity contribution in [3.63, 3.8) is 0 Å².